The summed E-state index contributed by atoms with van der Waals surface area (Å²) >= 11 is 0. The number of nitrogens with two attached hydrogens (primary N) is 1. The Labute approximate surface area is 125 Å². The molecule has 0 aliphatic carbocycles. The van der Waals surface area contributed by atoms with Crippen LogP contribution in [0.1, 0.15) is 66.7 Å². The first-order valence-corrected chi connectivity index (χ1v) is 8.10. The van der Waals surface area contributed by atoms with E-state index in [0.717, 1.165) is 38.6 Å². The Bertz CT molecular complexity index is 264. The molecule has 120 valence electrons. The predicted octanol–water partition coefficient (Wildman–Crippen LogP) is 2.22. The molecule has 0 bridgehead atoms. The molecular formula is C16H35N3O. The van der Waals surface area contributed by atoms with E-state index in [0.29, 0.717) is 12.6 Å². The summed E-state index contributed by atoms with van der Waals surface area (Å²) in [6.07, 6.45) is 5.09. The molecule has 20 heavy (non-hydrogen) atoms. The van der Waals surface area contributed by atoms with E-state index >= 15 is 0 Å². The lowest BCUT2D eigenvalue weighted by Crippen LogP contribution is -2.56. The maximum Gasteiger partial charge on any atom is 0.169 e. The lowest BCUT2D eigenvalue weighted by Gasteiger charge is -2.31. The van der Waals surface area contributed by atoms with Crippen LogP contribution >= 0.6 is 0 Å². The first-order chi connectivity index (χ1) is 9.35. The van der Waals surface area contributed by atoms with Crippen molar-refractivity contribution in [3.05, 3.63) is 0 Å². The van der Waals surface area contributed by atoms with E-state index in [1.807, 2.05) is 13.8 Å². The molecule has 0 spiro atoms. The molecule has 0 fully saturated rings. The molecular weight excluding hydrogens is 250 g/mol. The number of Topliss-reactive ketones (excluding diaryl/α,β-unsaturated/α-hetero) is 1. The fourth-order valence-corrected chi connectivity index (χ4v) is 2.29. The Morgan fingerprint density at radius 3 is 2.35 bits per heavy atom. The fraction of sp³-hybridized carbons (Fsp3) is 0.938. The molecule has 1 atom stereocenters. The monoisotopic (exact) mass is 285 g/mol. The van der Waals surface area contributed by atoms with Crippen LogP contribution in [0.5, 0.6) is 0 Å². The smallest absolute Gasteiger partial charge is 0.169 e. The van der Waals surface area contributed by atoms with E-state index in [1.165, 1.54) is 0 Å². The third-order valence-corrected chi connectivity index (χ3v) is 3.51. The molecule has 0 radical (unpaired) electrons. The highest BCUT2D eigenvalue weighted by Crippen LogP contribution is 2.13. The number of hydrogen-bond donors (Lipinski definition) is 3. The van der Waals surface area contributed by atoms with Crippen LogP contribution in [0.3, 0.4) is 0 Å². The number of hydrogen-bond acceptors (Lipinski definition) is 4. The van der Waals surface area contributed by atoms with Gasteiger partial charge in [-0.05, 0) is 46.2 Å². The van der Waals surface area contributed by atoms with Crippen LogP contribution in [-0.2, 0) is 4.79 Å². The zero-order valence-electron chi connectivity index (χ0n) is 14.1. The van der Waals surface area contributed by atoms with E-state index in [4.69, 9.17) is 5.73 Å². The summed E-state index contributed by atoms with van der Waals surface area (Å²) in [5.74, 6) is 0.263. The van der Waals surface area contributed by atoms with E-state index < -0.39 is 5.54 Å². The van der Waals surface area contributed by atoms with Crippen LogP contribution in [0.15, 0.2) is 0 Å². The number of rotatable bonds is 12. The molecule has 0 saturated carbocycles. The average Bonchev–Trinajstić information content (AvgIpc) is 2.36. The Hall–Kier alpha value is -0.450. The van der Waals surface area contributed by atoms with Crippen LogP contribution in [-0.4, -0.2) is 36.5 Å². The van der Waals surface area contributed by atoms with Crippen LogP contribution in [0.25, 0.3) is 0 Å². The molecule has 0 aromatic heterocycles. The van der Waals surface area contributed by atoms with Gasteiger partial charge in [-0.3, -0.25) is 4.79 Å². The van der Waals surface area contributed by atoms with Gasteiger partial charge in [0.2, 0.25) is 0 Å². The summed E-state index contributed by atoms with van der Waals surface area (Å²) in [5.41, 5.74) is 5.07. The van der Waals surface area contributed by atoms with Gasteiger partial charge in [-0.25, -0.2) is 0 Å². The summed E-state index contributed by atoms with van der Waals surface area (Å²) in [5, 5.41) is 6.79. The second kappa shape index (κ2) is 10.3. The molecule has 0 aliphatic rings. The van der Waals surface area contributed by atoms with Crippen molar-refractivity contribution in [3.8, 4) is 0 Å². The average molecular weight is 285 g/mol. The quantitative estimate of drug-likeness (QED) is 0.481. The fourth-order valence-electron chi connectivity index (χ4n) is 2.29. The van der Waals surface area contributed by atoms with Crippen LogP contribution < -0.4 is 16.4 Å². The minimum Gasteiger partial charge on any atom is -0.330 e. The third-order valence-electron chi connectivity index (χ3n) is 3.51. The van der Waals surface area contributed by atoms with Gasteiger partial charge >= 0.3 is 0 Å². The Morgan fingerprint density at radius 1 is 1.20 bits per heavy atom. The normalized spacial score (nSPS) is 13.8. The SMILES string of the molecule is CCCCNC(C)(C)C(=O)C(CCCCN)NC(C)C. The van der Waals surface area contributed by atoms with Crippen molar-refractivity contribution in [2.24, 2.45) is 5.73 Å². The first kappa shape index (κ1) is 19.6. The molecule has 0 aromatic carbocycles. The van der Waals surface area contributed by atoms with Gasteiger partial charge in [0, 0.05) is 6.04 Å². The number of ketones is 1. The molecule has 1 unspecified atom stereocenters. The Morgan fingerprint density at radius 2 is 1.85 bits per heavy atom. The minimum atomic E-state index is -0.468. The molecule has 0 rings (SSSR count). The first-order valence-electron chi connectivity index (χ1n) is 8.10. The molecule has 0 aliphatic heterocycles. The van der Waals surface area contributed by atoms with Gasteiger partial charge in [0.1, 0.15) is 0 Å². The highest BCUT2D eigenvalue weighted by molar-refractivity contribution is 5.92. The van der Waals surface area contributed by atoms with Crippen molar-refractivity contribution in [1.29, 1.82) is 0 Å². The summed E-state index contributed by atoms with van der Waals surface area (Å²) < 4.78 is 0. The zero-order valence-corrected chi connectivity index (χ0v) is 14.1. The van der Waals surface area contributed by atoms with E-state index in [-0.39, 0.29) is 11.8 Å². The maximum absolute atomic E-state index is 12.7. The molecule has 4 nitrogen and oxygen atoms in total. The molecule has 4 N–H and O–H groups in total. The van der Waals surface area contributed by atoms with Crippen molar-refractivity contribution >= 4 is 5.78 Å². The second-order valence-electron chi connectivity index (χ2n) is 6.43. The van der Waals surface area contributed by atoms with Crippen LogP contribution in [0, 0.1) is 0 Å². The van der Waals surface area contributed by atoms with Crippen molar-refractivity contribution in [1.82, 2.24) is 10.6 Å². The lowest BCUT2D eigenvalue weighted by molar-refractivity contribution is -0.126. The Kier molecular flexibility index (Phi) is 10.1. The highest BCUT2D eigenvalue weighted by Gasteiger charge is 2.32. The number of nitrogens with one attached hydrogen (secondary N) is 2. The lowest BCUT2D eigenvalue weighted by atomic mass is 9.90. The predicted molar refractivity (Wildman–Crippen MR) is 87.0 cm³/mol. The van der Waals surface area contributed by atoms with E-state index in [9.17, 15) is 4.79 Å². The molecule has 4 heteroatoms. The second-order valence-corrected chi connectivity index (χ2v) is 6.43. The Balaban J connectivity index is 4.55. The topological polar surface area (TPSA) is 67.2 Å². The van der Waals surface area contributed by atoms with Crippen LogP contribution in [0.2, 0.25) is 0 Å². The zero-order chi connectivity index (χ0) is 15.6. The standard InChI is InChI=1S/C16H35N3O/c1-6-7-12-18-16(4,5)15(20)14(19-13(2)3)10-8-9-11-17/h13-14,18-19H,6-12,17H2,1-5H3. The molecule has 0 amide bonds. The van der Waals surface area contributed by atoms with Crippen molar-refractivity contribution in [3.63, 3.8) is 0 Å². The van der Waals surface area contributed by atoms with Gasteiger partial charge in [0.15, 0.2) is 5.78 Å². The maximum atomic E-state index is 12.7. The summed E-state index contributed by atoms with van der Waals surface area (Å²) in [6.45, 7) is 11.9. The van der Waals surface area contributed by atoms with Crippen molar-refractivity contribution < 1.29 is 4.79 Å². The van der Waals surface area contributed by atoms with Crippen molar-refractivity contribution in [2.45, 2.75) is 84.3 Å². The third kappa shape index (κ3) is 7.98. The van der Waals surface area contributed by atoms with Crippen LogP contribution in [0.4, 0.5) is 0 Å². The number of carbonyl (C=O) groups is 1. The number of carbonyl (C=O) groups excluding carboxylic acids is 1. The van der Waals surface area contributed by atoms with Crippen molar-refractivity contribution in [2.75, 3.05) is 13.1 Å². The van der Waals surface area contributed by atoms with Gasteiger partial charge in [-0.15, -0.1) is 0 Å². The summed E-state index contributed by atoms with van der Waals surface area (Å²) in [7, 11) is 0. The molecule has 0 aromatic rings. The van der Waals surface area contributed by atoms with Gasteiger partial charge in [0.05, 0.1) is 11.6 Å². The summed E-state index contributed by atoms with van der Waals surface area (Å²) in [6, 6.07) is 0.235. The highest BCUT2D eigenvalue weighted by atomic mass is 16.1. The molecule has 0 heterocycles. The van der Waals surface area contributed by atoms with Gasteiger partial charge in [-0.2, -0.15) is 0 Å². The van der Waals surface area contributed by atoms with E-state index in [1.54, 1.807) is 0 Å². The molecule has 0 saturated heterocycles. The summed E-state index contributed by atoms with van der Waals surface area (Å²) in [4.78, 5) is 12.7. The van der Waals surface area contributed by atoms with Gasteiger partial charge < -0.3 is 16.4 Å². The van der Waals surface area contributed by atoms with E-state index in [2.05, 4.69) is 31.4 Å². The van der Waals surface area contributed by atoms with Gasteiger partial charge in [-0.1, -0.05) is 33.6 Å². The minimum absolute atomic E-state index is 0.0781. The van der Waals surface area contributed by atoms with Gasteiger partial charge in [0.25, 0.3) is 0 Å². The number of unbranched alkanes of at least 4 members (excludes halogenated alkanes) is 2. The largest absolute Gasteiger partial charge is 0.330 e.